The molecule has 5 heteroatoms. The van der Waals surface area contributed by atoms with Gasteiger partial charge in [0.1, 0.15) is 5.75 Å². The third-order valence-corrected chi connectivity index (χ3v) is 4.73. The molecule has 0 aliphatic heterocycles. The molecular weight excluding hydrogens is 326 g/mol. The zero-order valence-electron chi connectivity index (χ0n) is 14.8. The molecule has 0 atom stereocenters. The topological polar surface area (TPSA) is 69.9 Å². The average Bonchev–Trinajstić information content (AvgIpc) is 3.25. The first-order valence-corrected chi connectivity index (χ1v) is 8.66. The fourth-order valence-electron chi connectivity index (χ4n) is 3.47. The summed E-state index contributed by atoms with van der Waals surface area (Å²) in [6.07, 6.45) is 4.82. The van der Waals surface area contributed by atoms with E-state index in [1.165, 1.54) is 12.3 Å². The van der Waals surface area contributed by atoms with Gasteiger partial charge in [0, 0.05) is 53.3 Å². The van der Waals surface area contributed by atoms with Crippen molar-refractivity contribution in [2.75, 3.05) is 13.7 Å². The predicted octanol–water partition coefficient (Wildman–Crippen LogP) is 4.00. The highest BCUT2D eigenvalue weighted by Crippen LogP contribution is 2.37. The Labute approximate surface area is 151 Å². The predicted molar refractivity (Wildman–Crippen MR) is 105 cm³/mol. The maximum absolute atomic E-state index is 11.1. The molecule has 0 radical (unpaired) electrons. The number of rotatable bonds is 5. The summed E-state index contributed by atoms with van der Waals surface area (Å²) in [5, 5.41) is 5.15. The number of amides is 1. The molecule has 0 fully saturated rings. The molecule has 3 N–H and O–H groups in total. The number of H-pyrrole nitrogens is 2. The van der Waals surface area contributed by atoms with Crippen LogP contribution in [0.25, 0.3) is 32.9 Å². The van der Waals surface area contributed by atoms with Crippen LogP contribution in [0.2, 0.25) is 0 Å². The summed E-state index contributed by atoms with van der Waals surface area (Å²) >= 11 is 0. The van der Waals surface area contributed by atoms with E-state index in [2.05, 4.69) is 33.5 Å². The molecule has 0 unspecified atom stereocenters. The summed E-state index contributed by atoms with van der Waals surface area (Å²) in [7, 11) is 1.68. The summed E-state index contributed by atoms with van der Waals surface area (Å²) in [6, 6.07) is 12.4. The number of para-hydroxylation sites is 1. The van der Waals surface area contributed by atoms with Crippen LogP contribution in [0.3, 0.4) is 0 Å². The van der Waals surface area contributed by atoms with Gasteiger partial charge in [-0.3, -0.25) is 4.79 Å². The molecular formula is C21H21N3O2. The van der Waals surface area contributed by atoms with E-state index in [0.717, 1.165) is 45.3 Å². The van der Waals surface area contributed by atoms with Crippen molar-refractivity contribution in [2.45, 2.75) is 13.3 Å². The zero-order valence-corrected chi connectivity index (χ0v) is 14.8. The van der Waals surface area contributed by atoms with E-state index < -0.39 is 0 Å². The quantitative estimate of drug-likeness (QED) is 0.511. The second-order valence-electron chi connectivity index (χ2n) is 6.39. The number of nitrogens with one attached hydrogen (secondary N) is 3. The minimum atomic E-state index is -0.0121. The van der Waals surface area contributed by atoms with E-state index >= 15 is 0 Å². The first-order valence-electron chi connectivity index (χ1n) is 8.66. The van der Waals surface area contributed by atoms with Crippen molar-refractivity contribution < 1.29 is 9.53 Å². The van der Waals surface area contributed by atoms with Gasteiger partial charge in [0.15, 0.2) is 0 Å². The van der Waals surface area contributed by atoms with E-state index in [4.69, 9.17) is 4.74 Å². The molecule has 4 rings (SSSR count). The third kappa shape index (κ3) is 2.81. The lowest BCUT2D eigenvalue weighted by molar-refractivity contribution is -0.118. The molecule has 2 heterocycles. The van der Waals surface area contributed by atoms with E-state index in [-0.39, 0.29) is 5.91 Å². The van der Waals surface area contributed by atoms with Gasteiger partial charge in [0.2, 0.25) is 5.91 Å². The van der Waals surface area contributed by atoms with Crippen LogP contribution in [0.1, 0.15) is 12.5 Å². The van der Waals surface area contributed by atoms with Gasteiger partial charge in [-0.25, -0.2) is 0 Å². The minimum absolute atomic E-state index is 0.0121. The van der Waals surface area contributed by atoms with Crippen molar-refractivity contribution in [3.8, 4) is 16.9 Å². The number of benzene rings is 2. The highest BCUT2D eigenvalue weighted by atomic mass is 16.5. The molecule has 0 bridgehead atoms. The van der Waals surface area contributed by atoms with Gasteiger partial charge >= 0.3 is 0 Å². The van der Waals surface area contributed by atoms with Crippen LogP contribution in [0, 0.1) is 0 Å². The van der Waals surface area contributed by atoms with E-state index in [1.807, 2.05) is 30.6 Å². The van der Waals surface area contributed by atoms with E-state index in [0.29, 0.717) is 6.54 Å². The fraction of sp³-hybridized carbons (Fsp3) is 0.190. The normalized spacial score (nSPS) is 11.2. The van der Waals surface area contributed by atoms with Gasteiger partial charge in [0.25, 0.3) is 0 Å². The number of carbonyl (C=O) groups excluding carboxylic acids is 1. The molecule has 0 spiro atoms. The Hall–Kier alpha value is -3.21. The van der Waals surface area contributed by atoms with Gasteiger partial charge in [-0.1, -0.05) is 18.2 Å². The van der Waals surface area contributed by atoms with E-state index in [1.54, 1.807) is 7.11 Å². The minimum Gasteiger partial charge on any atom is -0.497 e. The fourth-order valence-corrected chi connectivity index (χ4v) is 3.47. The Balaban J connectivity index is 1.84. The molecule has 0 saturated heterocycles. The van der Waals surface area contributed by atoms with E-state index in [9.17, 15) is 4.79 Å². The largest absolute Gasteiger partial charge is 0.497 e. The molecule has 1 amide bonds. The van der Waals surface area contributed by atoms with Crippen LogP contribution in [-0.2, 0) is 11.2 Å². The molecule has 0 aliphatic rings. The monoisotopic (exact) mass is 347 g/mol. The van der Waals surface area contributed by atoms with Gasteiger partial charge in [0.05, 0.1) is 12.6 Å². The Bertz CT molecular complexity index is 1090. The molecule has 0 aliphatic carbocycles. The summed E-state index contributed by atoms with van der Waals surface area (Å²) in [5.74, 6) is 0.806. The molecule has 2 aromatic carbocycles. The first-order chi connectivity index (χ1) is 12.7. The number of aromatic amines is 2. The standard InChI is InChI=1S/C21H21N3O2/c1-13(25)22-8-7-14-11-24-21-17(14)9-15(26-2)10-18(21)19-12-23-20-6-4-3-5-16(19)20/h3-6,9-12,23-24H,7-8H2,1-2H3,(H,22,25). The number of aromatic nitrogens is 2. The van der Waals surface area contributed by atoms with Gasteiger partial charge in [-0.05, 0) is 30.2 Å². The lowest BCUT2D eigenvalue weighted by Gasteiger charge is -2.08. The van der Waals surface area contributed by atoms with Crippen molar-refractivity contribution in [3.63, 3.8) is 0 Å². The molecule has 132 valence electrons. The molecule has 2 aromatic heterocycles. The van der Waals surface area contributed by atoms with Crippen LogP contribution >= 0.6 is 0 Å². The van der Waals surface area contributed by atoms with Crippen LogP contribution < -0.4 is 10.1 Å². The van der Waals surface area contributed by atoms with Gasteiger partial charge in [-0.2, -0.15) is 0 Å². The maximum Gasteiger partial charge on any atom is 0.216 e. The van der Waals surface area contributed by atoms with Crippen LogP contribution in [0.15, 0.2) is 48.8 Å². The first kappa shape index (κ1) is 16.3. The summed E-state index contributed by atoms with van der Waals surface area (Å²) < 4.78 is 5.55. The third-order valence-electron chi connectivity index (χ3n) is 4.73. The van der Waals surface area contributed by atoms with Crippen LogP contribution in [0.4, 0.5) is 0 Å². The molecule has 4 aromatic rings. The molecule has 5 nitrogen and oxygen atoms in total. The Kier molecular flexibility index (Phi) is 4.13. The van der Waals surface area contributed by atoms with Crippen molar-refractivity contribution in [1.82, 2.24) is 15.3 Å². The number of hydrogen-bond donors (Lipinski definition) is 3. The lowest BCUT2D eigenvalue weighted by Crippen LogP contribution is -2.22. The summed E-state index contributed by atoms with van der Waals surface area (Å²) in [6.45, 7) is 2.15. The number of carbonyl (C=O) groups is 1. The molecule has 26 heavy (non-hydrogen) atoms. The Morgan fingerprint density at radius 1 is 1.08 bits per heavy atom. The SMILES string of the molecule is COc1cc(-c2c[nH]c3ccccc23)c2[nH]cc(CCNC(C)=O)c2c1. The van der Waals surface area contributed by atoms with Crippen molar-refractivity contribution >= 4 is 27.7 Å². The number of methoxy groups -OCH3 is 1. The summed E-state index contributed by atoms with van der Waals surface area (Å²) in [4.78, 5) is 17.9. The second kappa shape index (κ2) is 6.59. The summed E-state index contributed by atoms with van der Waals surface area (Å²) in [5.41, 5.74) is 5.58. The highest BCUT2D eigenvalue weighted by Gasteiger charge is 2.15. The Morgan fingerprint density at radius 2 is 1.92 bits per heavy atom. The Morgan fingerprint density at radius 3 is 2.73 bits per heavy atom. The molecule has 0 saturated carbocycles. The maximum atomic E-state index is 11.1. The number of hydrogen-bond acceptors (Lipinski definition) is 2. The second-order valence-corrected chi connectivity index (χ2v) is 6.39. The van der Waals surface area contributed by atoms with Crippen molar-refractivity contribution in [3.05, 3.63) is 54.4 Å². The average molecular weight is 347 g/mol. The number of ether oxygens (including phenoxy) is 1. The highest BCUT2D eigenvalue weighted by molar-refractivity contribution is 6.05. The van der Waals surface area contributed by atoms with Crippen LogP contribution in [-0.4, -0.2) is 29.5 Å². The lowest BCUT2D eigenvalue weighted by atomic mass is 10.00. The smallest absolute Gasteiger partial charge is 0.216 e. The van der Waals surface area contributed by atoms with Crippen molar-refractivity contribution in [2.24, 2.45) is 0 Å². The van der Waals surface area contributed by atoms with Crippen molar-refractivity contribution in [1.29, 1.82) is 0 Å². The van der Waals surface area contributed by atoms with Crippen LogP contribution in [0.5, 0.6) is 5.75 Å². The number of fused-ring (bicyclic) bond motifs is 2. The zero-order chi connectivity index (χ0) is 18.1. The van der Waals surface area contributed by atoms with Gasteiger partial charge in [-0.15, -0.1) is 0 Å². The van der Waals surface area contributed by atoms with Gasteiger partial charge < -0.3 is 20.0 Å².